The number of aliphatic hydroxyl groups is 1. The fourth-order valence-electron chi connectivity index (χ4n) is 0.978. The fourth-order valence-corrected chi connectivity index (χ4v) is 1.23. The molecule has 0 amide bonds. The summed E-state index contributed by atoms with van der Waals surface area (Å²) < 4.78 is 0.783. The van der Waals surface area contributed by atoms with E-state index in [2.05, 4.69) is 27.5 Å². The first-order valence-corrected chi connectivity index (χ1v) is 4.85. The van der Waals surface area contributed by atoms with Gasteiger partial charge in [0.15, 0.2) is 0 Å². The minimum absolute atomic E-state index is 0.0325. The van der Waals surface area contributed by atoms with Crippen LogP contribution in [0.25, 0.3) is 0 Å². The van der Waals surface area contributed by atoms with Crippen molar-refractivity contribution in [2.75, 3.05) is 0 Å². The molecule has 0 saturated heterocycles. The van der Waals surface area contributed by atoms with Gasteiger partial charge < -0.3 is 5.11 Å². The summed E-state index contributed by atoms with van der Waals surface area (Å²) in [6.45, 7) is 5.63. The SMILES string of the molecule is C=C(Br)[C@@H](C)[C@H](O)c1ccccn1. The van der Waals surface area contributed by atoms with E-state index in [1.54, 1.807) is 12.3 Å². The van der Waals surface area contributed by atoms with Crippen LogP contribution in [-0.2, 0) is 0 Å². The molecule has 2 nitrogen and oxygen atoms in total. The van der Waals surface area contributed by atoms with E-state index in [0.717, 1.165) is 4.48 Å². The molecule has 0 aliphatic heterocycles. The Labute approximate surface area is 86.4 Å². The van der Waals surface area contributed by atoms with Crippen molar-refractivity contribution in [1.29, 1.82) is 0 Å². The van der Waals surface area contributed by atoms with E-state index in [9.17, 15) is 5.11 Å². The van der Waals surface area contributed by atoms with Gasteiger partial charge in [-0.3, -0.25) is 4.98 Å². The molecule has 3 heteroatoms. The van der Waals surface area contributed by atoms with Crippen LogP contribution in [-0.4, -0.2) is 10.1 Å². The lowest BCUT2D eigenvalue weighted by Crippen LogP contribution is -2.10. The molecule has 1 N–H and O–H groups in total. The molecule has 1 rings (SSSR count). The summed E-state index contributed by atoms with van der Waals surface area (Å²) in [6, 6.07) is 5.48. The van der Waals surface area contributed by atoms with Crippen molar-refractivity contribution in [3.63, 3.8) is 0 Å². The Bertz CT molecular complexity index is 286. The second-order valence-electron chi connectivity index (χ2n) is 2.93. The highest BCUT2D eigenvalue weighted by molar-refractivity contribution is 9.11. The molecular formula is C10H12BrNO. The van der Waals surface area contributed by atoms with Crippen molar-refractivity contribution in [2.24, 2.45) is 5.92 Å². The first kappa shape index (κ1) is 10.4. The minimum Gasteiger partial charge on any atom is -0.386 e. The Morgan fingerprint density at radius 3 is 2.77 bits per heavy atom. The third-order valence-electron chi connectivity index (χ3n) is 1.96. The molecular weight excluding hydrogens is 230 g/mol. The maximum atomic E-state index is 9.81. The topological polar surface area (TPSA) is 33.1 Å². The molecule has 0 aliphatic carbocycles. The molecule has 0 saturated carbocycles. The Hall–Kier alpha value is -0.670. The van der Waals surface area contributed by atoms with E-state index in [0.29, 0.717) is 5.69 Å². The molecule has 0 radical (unpaired) electrons. The van der Waals surface area contributed by atoms with Gasteiger partial charge in [0.2, 0.25) is 0 Å². The van der Waals surface area contributed by atoms with E-state index in [-0.39, 0.29) is 5.92 Å². The maximum Gasteiger partial charge on any atom is 0.103 e. The summed E-state index contributed by atoms with van der Waals surface area (Å²) in [5, 5.41) is 9.81. The van der Waals surface area contributed by atoms with Gasteiger partial charge in [-0.15, -0.1) is 0 Å². The zero-order valence-electron chi connectivity index (χ0n) is 7.44. The highest BCUT2D eigenvalue weighted by atomic mass is 79.9. The number of hydrogen-bond acceptors (Lipinski definition) is 2. The zero-order chi connectivity index (χ0) is 9.84. The van der Waals surface area contributed by atoms with Gasteiger partial charge in [-0.25, -0.2) is 0 Å². The largest absolute Gasteiger partial charge is 0.386 e. The van der Waals surface area contributed by atoms with E-state index < -0.39 is 6.10 Å². The summed E-state index contributed by atoms with van der Waals surface area (Å²) >= 11 is 3.26. The Kier molecular flexibility index (Phi) is 3.63. The van der Waals surface area contributed by atoms with Gasteiger partial charge in [-0.2, -0.15) is 0 Å². The Balaban J connectivity index is 2.79. The number of pyridine rings is 1. The van der Waals surface area contributed by atoms with Crippen LogP contribution < -0.4 is 0 Å². The van der Waals surface area contributed by atoms with E-state index in [4.69, 9.17) is 0 Å². The average Bonchev–Trinajstić information content (AvgIpc) is 2.17. The predicted molar refractivity (Wildman–Crippen MR) is 56.4 cm³/mol. The Morgan fingerprint density at radius 1 is 1.62 bits per heavy atom. The summed E-state index contributed by atoms with van der Waals surface area (Å²) in [6.07, 6.45) is 1.08. The Morgan fingerprint density at radius 2 is 2.31 bits per heavy atom. The normalized spacial score (nSPS) is 15.0. The van der Waals surface area contributed by atoms with Gasteiger partial charge in [0.05, 0.1) is 5.69 Å². The number of aromatic nitrogens is 1. The summed E-state index contributed by atoms with van der Waals surface area (Å²) in [5.41, 5.74) is 0.676. The fraction of sp³-hybridized carbons (Fsp3) is 0.300. The van der Waals surface area contributed by atoms with Gasteiger partial charge in [0, 0.05) is 12.1 Å². The van der Waals surface area contributed by atoms with Gasteiger partial charge in [-0.05, 0) is 16.6 Å². The number of rotatable bonds is 3. The molecule has 0 aromatic carbocycles. The molecule has 13 heavy (non-hydrogen) atoms. The monoisotopic (exact) mass is 241 g/mol. The molecule has 0 fully saturated rings. The van der Waals surface area contributed by atoms with Crippen molar-refractivity contribution in [1.82, 2.24) is 4.98 Å². The minimum atomic E-state index is -0.590. The van der Waals surface area contributed by atoms with Crippen LogP contribution in [0.3, 0.4) is 0 Å². The van der Waals surface area contributed by atoms with Gasteiger partial charge in [-0.1, -0.05) is 35.5 Å². The van der Waals surface area contributed by atoms with Gasteiger partial charge in [0.25, 0.3) is 0 Å². The van der Waals surface area contributed by atoms with E-state index in [1.165, 1.54) is 0 Å². The third kappa shape index (κ3) is 2.64. The number of aliphatic hydroxyl groups excluding tert-OH is 1. The quantitative estimate of drug-likeness (QED) is 0.883. The lowest BCUT2D eigenvalue weighted by Gasteiger charge is -2.16. The second-order valence-corrected chi connectivity index (χ2v) is 3.95. The molecule has 1 aromatic heterocycles. The van der Waals surface area contributed by atoms with Crippen LogP contribution in [0.4, 0.5) is 0 Å². The first-order chi connectivity index (χ1) is 6.13. The number of nitrogens with zero attached hydrogens (tertiary/aromatic N) is 1. The van der Waals surface area contributed by atoms with Crippen LogP contribution in [0.2, 0.25) is 0 Å². The highest BCUT2D eigenvalue weighted by Crippen LogP contribution is 2.28. The van der Waals surface area contributed by atoms with Crippen LogP contribution >= 0.6 is 15.9 Å². The number of hydrogen-bond donors (Lipinski definition) is 1. The highest BCUT2D eigenvalue weighted by Gasteiger charge is 2.18. The molecule has 0 unspecified atom stereocenters. The second kappa shape index (κ2) is 4.53. The lowest BCUT2D eigenvalue weighted by molar-refractivity contribution is 0.134. The molecule has 1 aromatic rings. The van der Waals surface area contributed by atoms with Crippen molar-refractivity contribution < 1.29 is 5.11 Å². The van der Waals surface area contributed by atoms with Crippen LogP contribution in [0.15, 0.2) is 35.5 Å². The molecule has 2 atom stereocenters. The van der Waals surface area contributed by atoms with E-state index >= 15 is 0 Å². The van der Waals surface area contributed by atoms with Crippen molar-refractivity contribution >= 4 is 15.9 Å². The van der Waals surface area contributed by atoms with E-state index in [1.807, 2.05) is 19.1 Å². The molecule has 0 bridgehead atoms. The third-order valence-corrected chi connectivity index (χ3v) is 2.68. The first-order valence-electron chi connectivity index (χ1n) is 4.06. The lowest BCUT2D eigenvalue weighted by atomic mass is 10.0. The predicted octanol–water partition coefficient (Wildman–Crippen LogP) is 2.66. The van der Waals surface area contributed by atoms with Crippen LogP contribution in [0, 0.1) is 5.92 Å². The molecule has 0 spiro atoms. The standard InChI is InChI=1S/C10H12BrNO/c1-7(8(2)11)10(13)9-5-3-4-6-12-9/h3-7,10,13H,2H2,1H3/t7-,10+/m1/s1. The summed E-state index contributed by atoms with van der Waals surface area (Å²) in [4.78, 5) is 4.07. The molecule has 1 heterocycles. The number of halogens is 1. The van der Waals surface area contributed by atoms with Gasteiger partial charge >= 0.3 is 0 Å². The average molecular weight is 242 g/mol. The van der Waals surface area contributed by atoms with Crippen molar-refractivity contribution in [2.45, 2.75) is 13.0 Å². The van der Waals surface area contributed by atoms with Gasteiger partial charge in [0.1, 0.15) is 6.10 Å². The molecule has 0 aliphatic rings. The van der Waals surface area contributed by atoms with Crippen molar-refractivity contribution in [3.05, 3.63) is 41.2 Å². The summed E-state index contributed by atoms with van der Waals surface area (Å²) in [7, 11) is 0. The zero-order valence-corrected chi connectivity index (χ0v) is 9.03. The molecule has 70 valence electrons. The van der Waals surface area contributed by atoms with Crippen molar-refractivity contribution in [3.8, 4) is 0 Å². The maximum absolute atomic E-state index is 9.81. The van der Waals surface area contributed by atoms with Crippen LogP contribution in [0.5, 0.6) is 0 Å². The van der Waals surface area contributed by atoms with Crippen LogP contribution in [0.1, 0.15) is 18.7 Å². The summed E-state index contributed by atoms with van der Waals surface area (Å²) in [5.74, 6) is -0.0325. The smallest absolute Gasteiger partial charge is 0.103 e.